The van der Waals surface area contributed by atoms with Crippen LogP contribution in [0.15, 0.2) is 9.59 Å². The quantitative estimate of drug-likeness (QED) is 0.745. The predicted molar refractivity (Wildman–Crippen MR) is 71.5 cm³/mol. The van der Waals surface area contributed by atoms with Crippen LogP contribution in [0.5, 0.6) is 0 Å². The molecule has 0 amide bonds. The van der Waals surface area contributed by atoms with Crippen LogP contribution in [0.25, 0.3) is 11.2 Å². The van der Waals surface area contributed by atoms with Crippen LogP contribution in [0.3, 0.4) is 0 Å². The predicted octanol–water partition coefficient (Wildman–Crippen LogP) is -0.695. The van der Waals surface area contributed by atoms with Gasteiger partial charge in [-0.3, -0.25) is 13.9 Å². The van der Waals surface area contributed by atoms with Crippen LogP contribution >= 0.6 is 0 Å². The van der Waals surface area contributed by atoms with Crippen LogP contribution in [0.1, 0.15) is 31.7 Å². The van der Waals surface area contributed by atoms with Gasteiger partial charge in [0.2, 0.25) is 0 Å². The van der Waals surface area contributed by atoms with Gasteiger partial charge in [-0.05, 0) is 12.8 Å². The van der Waals surface area contributed by atoms with E-state index in [2.05, 4.69) is 10.2 Å². The summed E-state index contributed by atoms with van der Waals surface area (Å²) >= 11 is 0. The minimum Gasteiger partial charge on any atom is -0.391 e. The molecule has 2 atom stereocenters. The van der Waals surface area contributed by atoms with E-state index in [1.165, 1.54) is 16.4 Å². The number of fused-ring (bicyclic) bond motifs is 1. The number of aromatic nitrogens is 5. The normalized spacial score (nSPS) is 23.4. The molecule has 1 saturated carbocycles. The molecule has 0 aromatic carbocycles. The number of aryl methyl sites for hydroxylation is 1. The first-order valence-electron chi connectivity index (χ1n) is 6.71. The lowest BCUT2D eigenvalue weighted by Crippen LogP contribution is -2.36. The van der Waals surface area contributed by atoms with Gasteiger partial charge in [0.25, 0.3) is 5.56 Å². The molecule has 1 aliphatic carbocycles. The smallest absolute Gasteiger partial charge is 0.332 e. The van der Waals surface area contributed by atoms with E-state index >= 15 is 0 Å². The zero-order valence-electron chi connectivity index (χ0n) is 11.5. The lowest BCUT2D eigenvalue weighted by atomic mass is 9.93. The summed E-state index contributed by atoms with van der Waals surface area (Å²) < 4.78 is 2.31. The molecule has 1 aliphatic rings. The third kappa shape index (κ3) is 1.79. The topological polar surface area (TPSA) is 94.9 Å². The number of hydrogen-bond donors (Lipinski definition) is 1. The molecule has 0 aliphatic heterocycles. The van der Waals surface area contributed by atoms with Gasteiger partial charge in [-0.1, -0.05) is 12.8 Å². The maximum absolute atomic E-state index is 12.1. The molecular weight excluding hydrogens is 262 g/mol. The second-order valence-corrected chi connectivity index (χ2v) is 5.32. The van der Waals surface area contributed by atoms with Crippen molar-refractivity contribution in [3.63, 3.8) is 0 Å². The molecule has 0 spiro atoms. The van der Waals surface area contributed by atoms with Crippen molar-refractivity contribution in [1.82, 2.24) is 24.1 Å². The molecule has 3 rings (SSSR count). The highest BCUT2D eigenvalue weighted by molar-refractivity contribution is 5.67. The lowest BCUT2D eigenvalue weighted by molar-refractivity contribution is 0.0627. The minimum absolute atomic E-state index is 0.160. The van der Waals surface area contributed by atoms with Crippen LogP contribution in [-0.2, 0) is 14.1 Å². The van der Waals surface area contributed by atoms with Crippen molar-refractivity contribution in [2.45, 2.75) is 37.8 Å². The molecule has 8 heteroatoms. The fourth-order valence-corrected chi connectivity index (χ4v) is 2.75. The Morgan fingerprint density at radius 2 is 1.80 bits per heavy atom. The average molecular weight is 279 g/mol. The third-order valence-electron chi connectivity index (χ3n) is 4.00. The van der Waals surface area contributed by atoms with Crippen molar-refractivity contribution in [1.29, 1.82) is 0 Å². The van der Waals surface area contributed by atoms with Crippen molar-refractivity contribution in [2.24, 2.45) is 14.1 Å². The van der Waals surface area contributed by atoms with E-state index in [0.717, 1.165) is 23.8 Å². The summed E-state index contributed by atoms with van der Waals surface area (Å²) in [6, 6.07) is -0.226. The van der Waals surface area contributed by atoms with Crippen LogP contribution in [0.2, 0.25) is 0 Å². The maximum Gasteiger partial charge on any atom is 0.332 e. The molecule has 0 saturated heterocycles. The number of aliphatic hydroxyl groups excluding tert-OH is 1. The monoisotopic (exact) mass is 279 g/mol. The van der Waals surface area contributed by atoms with Gasteiger partial charge >= 0.3 is 5.69 Å². The first-order valence-corrected chi connectivity index (χ1v) is 6.71. The average Bonchev–Trinajstić information content (AvgIpc) is 2.88. The van der Waals surface area contributed by atoms with Gasteiger partial charge in [-0.15, -0.1) is 10.2 Å². The Hall–Kier alpha value is -1.96. The highest BCUT2D eigenvalue weighted by atomic mass is 16.3. The highest BCUT2D eigenvalue weighted by Crippen LogP contribution is 2.27. The molecular formula is C12H17N5O3. The molecule has 20 heavy (non-hydrogen) atoms. The summed E-state index contributed by atoms with van der Waals surface area (Å²) in [5, 5.41) is 18.5. The Labute approximate surface area is 114 Å². The molecule has 1 fully saturated rings. The number of aliphatic hydroxyl groups is 1. The zero-order valence-corrected chi connectivity index (χ0v) is 11.5. The van der Waals surface area contributed by atoms with Gasteiger partial charge in [-0.25, -0.2) is 4.79 Å². The van der Waals surface area contributed by atoms with Gasteiger partial charge in [0.05, 0.1) is 12.1 Å². The van der Waals surface area contributed by atoms with Crippen LogP contribution in [-0.4, -0.2) is 35.3 Å². The molecule has 0 bridgehead atoms. The van der Waals surface area contributed by atoms with E-state index in [4.69, 9.17) is 0 Å². The molecule has 0 radical (unpaired) electrons. The lowest BCUT2D eigenvalue weighted by Gasteiger charge is -2.26. The SMILES string of the molecule is Cn1c(=O)c2nn([C@@H]3CCCC[C@H]3O)nc2n(C)c1=O. The first kappa shape index (κ1) is 13.0. The van der Waals surface area contributed by atoms with Crippen LogP contribution in [0.4, 0.5) is 0 Å². The van der Waals surface area contributed by atoms with Crippen molar-refractivity contribution >= 4 is 11.2 Å². The third-order valence-corrected chi connectivity index (χ3v) is 4.00. The Morgan fingerprint density at radius 1 is 1.10 bits per heavy atom. The standard InChI is InChI=1S/C12H17N5O3/c1-15-10-9(11(19)16(2)12(15)20)13-17(14-10)7-5-3-4-6-8(7)18/h7-8,18H,3-6H2,1-2H3/t7-,8-/m1/s1. The largest absolute Gasteiger partial charge is 0.391 e. The Morgan fingerprint density at radius 3 is 2.50 bits per heavy atom. The fraction of sp³-hybridized carbons (Fsp3) is 0.667. The molecule has 2 aromatic rings. The van der Waals surface area contributed by atoms with Gasteiger partial charge in [0.15, 0.2) is 11.2 Å². The van der Waals surface area contributed by atoms with Gasteiger partial charge in [0.1, 0.15) is 0 Å². The molecule has 0 unspecified atom stereocenters. The van der Waals surface area contributed by atoms with Gasteiger partial charge in [-0.2, -0.15) is 4.80 Å². The number of rotatable bonds is 1. The van der Waals surface area contributed by atoms with Crippen molar-refractivity contribution in [2.75, 3.05) is 0 Å². The minimum atomic E-state index is -0.508. The summed E-state index contributed by atoms with van der Waals surface area (Å²) in [4.78, 5) is 25.3. The second kappa shape index (κ2) is 4.55. The number of hydrogen-bond acceptors (Lipinski definition) is 5. The molecule has 108 valence electrons. The van der Waals surface area contributed by atoms with E-state index < -0.39 is 17.4 Å². The summed E-state index contributed by atoms with van der Waals surface area (Å²) in [5.41, 5.74) is -0.471. The zero-order chi connectivity index (χ0) is 14.4. The molecule has 1 N–H and O–H groups in total. The van der Waals surface area contributed by atoms with Crippen molar-refractivity contribution in [3.8, 4) is 0 Å². The fourth-order valence-electron chi connectivity index (χ4n) is 2.75. The van der Waals surface area contributed by atoms with E-state index in [0.29, 0.717) is 6.42 Å². The Kier molecular flexibility index (Phi) is 2.97. The van der Waals surface area contributed by atoms with Crippen molar-refractivity contribution < 1.29 is 5.11 Å². The van der Waals surface area contributed by atoms with Crippen molar-refractivity contribution in [3.05, 3.63) is 20.8 Å². The van der Waals surface area contributed by atoms with Gasteiger partial charge in [0, 0.05) is 14.1 Å². The summed E-state index contributed by atoms with van der Waals surface area (Å²) in [5.74, 6) is 0. The van der Waals surface area contributed by atoms with Crippen LogP contribution in [0, 0.1) is 0 Å². The van der Waals surface area contributed by atoms with E-state index in [9.17, 15) is 14.7 Å². The molecule has 2 aromatic heterocycles. The molecule has 2 heterocycles. The Balaban J connectivity index is 2.21. The Bertz CT molecular complexity index is 772. The van der Waals surface area contributed by atoms with E-state index in [1.807, 2.05) is 0 Å². The summed E-state index contributed by atoms with van der Waals surface area (Å²) in [6.07, 6.45) is 2.96. The summed E-state index contributed by atoms with van der Waals surface area (Å²) in [6.45, 7) is 0. The number of nitrogens with zero attached hydrogens (tertiary/aromatic N) is 5. The van der Waals surface area contributed by atoms with Gasteiger partial charge < -0.3 is 5.11 Å². The maximum atomic E-state index is 12.1. The first-order chi connectivity index (χ1) is 9.50. The van der Waals surface area contributed by atoms with E-state index in [1.54, 1.807) is 7.05 Å². The molecule has 8 nitrogen and oxygen atoms in total. The summed E-state index contributed by atoms with van der Waals surface area (Å²) in [7, 11) is 2.97. The van der Waals surface area contributed by atoms with E-state index in [-0.39, 0.29) is 17.2 Å². The highest BCUT2D eigenvalue weighted by Gasteiger charge is 2.27. The van der Waals surface area contributed by atoms with Crippen LogP contribution < -0.4 is 11.2 Å². The second-order valence-electron chi connectivity index (χ2n) is 5.32.